The van der Waals surface area contributed by atoms with Crippen molar-refractivity contribution in [3.8, 4) is 0 Å². The van der Waals surface area contributed by atoms with E-state index in [-0.39, 0.29) is 10.9 Å². The van der Waals surface area contributed by atoms with Crippen LogP contribution in [0.15, 0.2) is 48.5 Å². The second kappa shape index (κ2) is 7.22. The van der Waals surface area contributed by atoms with Crippen molar-refractivity contribution in [1.82, 2.24) is 5.32 Å². The SMILES string of the molecule is O=C(NC1(Nc2ccc(F)c(Cl)c2)C[CH]CCC1)c1ccccc1. The lowest BCUT2D eigenvalue weighted by Gasteiger charge is -2.39. The molecular weight excluding hydrogens is 327 g/mol. The van der Waals surface area contributed by atoms with Gasteiger partial charge in [0.15, 0.2) is 0 Å². The fourth-order valence-corrected chi connectivity index (χ4v) is 3.17. The van der Waals surface area contributed by atoms with Crippen molar-refractivity contribution >= 4 is 23.2 Å². The molecule has 2 aromatic rings. The number of rotatable bonds is 4. The summed E-state index contributed by atoms with van der Waals surface area (Å²) in [5.74, 6) is -0.591. The maximum atomic E-state index is 13.4. The van der Waals surface area contributed by atoms with E-state index in [4.69, 9.17) is 11.6 Å². The van der Waals surface area contributed by atoms with E-state index in [2.05, 4.69) is 17.1 Å². The molecule has 1 aliphatic rings. The summed E-state index contributed by atoms with van der Waals surface area (Å²) < 4.78 is 13.4. The van der Waals surface area contributed by atoms with E-state index >= 15 is 0 Å². The standard InChI is InChI=1S/C19H19ClFN2O/c20-16-13-15(9-10-17(16)21)22-19(11-5-2-6-12-19)23-18(24)14-7-3-1-4-8-14/h1,3-5,7-10,13,22H,2,6,11-12H2,(H,23,24). The lowest BCUT2D eigenvalue weighted by Crippen LogP contribution is -2.55. The van der Waals surface area contributed by atoms with Crippen LogP contribution in [0.4, 0.5) is 10.1 Å². The number of anilines is 1. The van der Waals surface area contributed by atoms with Crippen LogP contribution in [0.3, 0.4) is 0 Å². The number of nitrogens with one attached hydrogen (secondary N) is 2. The predicted octanol–water partition coefficient (Wildman–Crippen LogP) is 4.80. The first-order valence-electron chi connectivity index (χ1n) is 8.00. The highest BCUT2D eigenvalue weighted by Gasteiger charge is 2.34. The zero-order chi connectivity index (χ0) is 17.0. The van der Waals surface area contributed by atoms with Gasteiger partial charge in [-0.3, -0.25) is 4.79 Å². The van der Waals surface area contributed by atoms with Crippen LogP contribution in [-0.4, -0.2) is 11.6 Å². The summed E-state index contributed by atoms with van der Waals surface area (Å²) in [5.41, 5.74) is 0.707. The molecule has 1 unspecified atom stereocenters. The summed E-state index contributed by atoms with van der Waals surface area (Å²) in [6.45, 7) is 0. The largest absolute Gasteiger partial charge is 0.363 e. The maximum absolute atomic E-state index is 13.4. The summed E-state index contributed by atoms with van der Waals surface area (Å²) in [7, 11) is 0. The van der Waals surface area contributed by atoms with Crippen LogP contribution in [0.1, 0.15) is 36.0 Å². The Hall–Kier alpha value is -2.07. The van der Waals surface area contributed by atoms with E-state index in [9.17, 15) is 9.18 Å². The Kier molecular flexibility index (Phi) is 5.05. The average molecular weight is 346 g/mol. The first-order chi connectivity index (χ1) is 11.6. The third-order valence-corrected chi connectivity index (χ3v) is 4.49. The fourth-order valence-electron chi connectivity index (χ4n) is 2.99. The maximum Gasteiger partial charge on any atom is 0.253 e. The van der Waals surface area contributed by atoms with Gasteiger partial charge in [-0.25, -0.2) is 4.39 Å². The smallest absolute Gasteiger partial charge is 0.253 e. The molecule has 1 fully saturated rings. The molecule has 0 bridgehead atoms. The fraction of sp³-hybridized carbons (Fsp3) is 0.263. The van der Waals surface area contributed by atoms with Crippen LogP contribution >= 0.6 is 11.6 Å². The summed E-state index contributed by atoms with van der Waals surface area (Å²) in [5, 5.41) is 6.52. The minimum Gasteiger partial charge on any atom is -0.363 e. The predicted molar refractivity (Wildman–Crippen MR) is 94.4 cm³/mol. The second-order valence-electron chi connectivity index (χ2n) is 6.04. The first kappa shape index (κ1) is 16.8. The van der Waals surface area contributed by atoms with E-state index in [1.165, 1.54) is 6.07 Å². The lowest BCUT2D eigenvalue weighted by atomic mass is 9.88. The molecule has 2 aromatic carbocycles. The van der Waals surface area contributed by atoms with Gasteiger partial charge in [0.05, 0.1) is 5.02 Å². The monoisotopic (exact) mass is 345 g/mol. The minimum absolute atomic E-state index is 0.0596. The molecule has 5 heteroatoms. The number of hydrogen-bond donors (Lipinski definition) is 2. The highest BCUT2D eigenvalue weighted by Crippen LogP contribution is 2.31. The molecule has 1 amide bonds. The minimum atomic E-state index is -0.591. The number of benzene rings is 2. The molecule has 0 spiro atoms. The van der Waals surface area contributed by atoms with Crippen LogP contribution in [0.25, 0.3) is 0 Å². The highest BCUT2D eigenvalue weighted by atomic mass is 35.5. The molecule has 1 radical (unpaired) electrons. The summed E-state index contributed by atoms with van der Waals surface area (Å²) >= 11 is 5.87. The molecule has 3 nitrogen and oxygen atoms in total. The molecule has 0 aliphatic heterocycles. The van der Waals surface area contributed by atoms with Gasteiger partial charge < -0.3 is 10.6 Å². The third-order valence-electron chi connectivity index (χ3n) is 4.20. The van der Waals surface area contributed by atoms with Gasteiger partial charge in [0.1, 0.15) is 11.5 Å². The van der Waals surface area contributed by atoms with Crippen LogP contribution in [-0.2, 0) is 0 Å². The molecule has 0 aromatic heterocycles. The van der Waals surface area contributed by atoms with Gasteiger partial charge in [-0.05, 0) is 62.4 Å². The van der Waals surface area contributed by atoms with Gasteiger partial charge in [0.25, 0.3) is 5.91 Å². The van der Waals surface area contributed by atoms with Gasteiger partial charge in [0, 0.05) is 11.3 Å². The number of hydrogen-bond acceptors (Lipinski definition) is 2. The van der Waals surface area contributed by atoms with Crippen molar-refractivity contribution in [1.29, 1.82) is 0 Å². The van der Waals surface area contributed by atoms with E-state index in [0.717, 1.165) is 19.3 Å². The van der Waals surface area contributed by atoms with Crippen molar-refractivity contribution in [2.24, 2.45) is 0 Å². The molecule has 0 saturated heterocycles. The number of halogens is 2. The summed E-state index contributed by atoms with van der Waals surface area (Å²) in [4.78, 5) is 12.6. The number of carbonyl (C=O) groups excluding carboxylic acids is 1. The van der Waals surface area contributed by atoms with Crippen molar-refractivity contribution in [2.75, 3.05) is 5.32 Å². The molecule has 3 rings (SSSR count). The first-order valence-corrected chi connectivity index (χ1v) is 8.38. The van der Waals surface area contributed by atoms with E-state index in [1.807, 2.05) is 18.2 Å². The average Bonchev–Trinajstić information content (AvgIpc) is 2.60. The summed E-state index contributed by atoms with van der Waals surface area (Å²) in [6, 6.07) is 13.6. The number of carbonyl (C=O) groups is 1. The molecule has 0 heterocycles. The molecule has 1 atom stereocenters. The van der Waals surface area contributed by atoms with Crippen LogP contribution in [0.2, 0.25) is 5.02 Å². The topological polar surface area (TPSA) is 41.1 Å². The second-order valence-corrected chi connectivity index (χ2v) is 6.45. The van der Waals surface area contributed by atoms with Gasteiger partial charge in [-0.2, -0.15) is 0 Å². The summed E-state index contributed by atoms with van der Waals surface area (Å²) in [6.07, 6.45) is 5.64. The highest BCUT2D eigenvalue weighted by molar-refractivity contribution is 6.31. The van der Waals surface area contributed by atoms with Gasteiger partial charge in [-0.15, -0.1) is 0 Å². The van der Waals surface area contributed by atoms with Crippen molar-refractivity contribution in [3.63, 3.8) is 0 Å². The Balaban J connectivity index is 1.81. The third kappa shape index (κ3) is 3.88. The molecule has 1 aliphatic carbocycles. The molecular formula is C19H19ClFN2O. The molecule has 125 valence electrons. The van der Waals surface area contributed by atoms with Crippen molar-refractivity contribution < 1.29 is 9.18 Å². The lowest BCUT2D eigenvalue weighted by molar-refractivity contribution is 0.0897. The van der Waals surface area contributed by atoms with Crippen LogP contribution < -0.4 is 10.6 Å². The Morgan fingerprint density at radius 3 is 2.62 bits per heavy atom. The van der Waals surface area contributed by atoms with Crippen molar-refractivity contribution in [3.05, 3.63) is 71.4 Å². The Labute approximate surface area is 146 Å². The Morgan fingerprint density at radius 1 is 1.17 bits per heavy atom. The van der Waals surface area contributed by atoms with Gasteiger partial charge >= 0.3 is 0 Å². The van der Waals surface area contributed by atoms with E-state index in [0.29, 0.717) is 17.7 Å². The van der Waals surface area contributed by atoms with Gasteiger partial charge in [-0.1, -0.05) is 29.8 Å². The zero-order valence-corrected chi connectivity index (χ0v) is 13.9. The Bertz CT molecular complexity index is 715. The van der Waals surface area contributed by atoms with Crippen LogP contribution in [0, 0.1) is 12.2 Å². The Morgan fingerprint density at radius 2 is 1.96 bits per heavy atom. The van der Waals surface area contributed by atoms with Crippen LogP contribution in [0.5, 0.6) is 0 Å². The van der Waals surface area contributed by atoms with E-state index < -0.39 is 11.5 Å². The molecule has 24 heavy (non-hydrogen) atoms. The van der Waals surface area contributed by atoms with E-state index in [1.54, 1.807) is 24.3 Å². The number of amides is 1. The van der Waals surface area contributed by atoms with Gasteiger partial charge in [0.2, 0.25) is 0 Å². The molecule has 1 saturated carbocycles. The normalized spacial score (nSPS) is 16.4. The molecule has 2 N–H and O–H groups in total. The zero-order valence-electron chi connectivity index (χ0n) is 13.2. The van der Waals surface area contributed by atoms with Crippen molar-refractivity contribution in [2.45, 2.75) is 31.3 Å². The quantitative estimate of drug-likeness (QED) is 0.782.